The van der Waals surface area contributed by atoms with Crippen LogP contribution in [0.25, 0.3) is 0 Å². The molecule has 0 bridgehead atoms. The quantitative estimate of drug-likeness (QED) is 0.908. The van der Waals surface area contributed by atoms with Crippen LogP contribution in [0.2, 0.25) is 0 Å². The maximum atomic E-state index is 11.4. The van der Waals surface area contributed by atoms with Gasteiger partial charge in [0.25, 0.3) is 0 Å². The number of ether oxygens (including phenoxy) is 1. The third-order valence-corrected chi connectivity index (χ3v) is 2.52. The molecule has 0 spiro atoms. The van der Waals surface area contributed by atoms with Crippen molar-refractivity contribution in [1.29, 1.82) is 0 Å². The molecular weight excluding hydrogens is 248 g/mol. The molecule has 0 unspecified atom stereocenters. The van der Waals surface area contributed by atoms with Crippen LogP contribution in [-0.2, 0) is 0 Å². The molecule has 7 nitrogen and oxygen atoms in total. The molecule has 1 aromatic heterocycles. The molecule has 0 aliphatic rings. The van der Waals surface area contributed by atoms with E-state index in [2.05, 4.69) is 15.0 Å². The summed E-state index contributed by atoms with van der Waals surface area (Å²) in [4.78, 5) is 23.8. The molecule has 2 rings (SSSR count). The molecule has 0 saturated heterocycles. The van der Waals surface area contributed by atoms with Gasteiger partial charge in [-0.1, -0.05) is 0 Å². The fraction of sp³-hybridized carbons (Fsp3) is 0.167. The Labute approximate surface area is 109 Å². The minimum atomic E-state index is -1.17. The maximum absolute atomic E-state index is 11.4. The summed E-state index contributed by atoms with van der Waals surface area (Å²) >= 11 is 0. The molecule has 1 N–H and O–H groups in total. The Hall–Kier alpha value is -2.70. The SMILES string of the molecule is COc1ccc(N(C(=O)O)c2ncncn2)c(C)c1. The van der Waals surface area contributed by atoms with Crippen molar-refractivity contribution in [3.05, 3.63) is 36.4 Å². The molecule has 0 saturated carbocycles. The molecule has 19 heavy (non-hydrogen) atoms. The first-order chi connectivity index (χ1) is 9.13. The van der Waals surface area contributed by atoms with E-state index >= 15 is 0 Å². The van der Waals surface area contributed by atoms with Gasteiger partial charge in [-0.25, -0.2) is 24.6 Å². The molecular formula is C12H12N4O3. The van der Waals surface area contributed by atoms with Crippen LogP contribution in [0.5, 0.6) is 5.75 Å². The van der Waals surface area contributed by atoms with E-state index in [-0.39, 0.29) is 5.95 Å². The number of hydrogen-bond donors (Lipinski definition) is 1. The average molecular weight is 260 g/mol. The monoisotopic (exact) mass is 260 g/mol. The largest absolute Gasteiger partial charge is 0.497 e. The highest BCUT2D eigenvalue weighted by molar-refractivity contribution is 5.93. The number of carboxylic acid groups (broad SMARTS) is 1. The van der Waals surface area contributed by atoms with E-state index in [1.807, 2.05) is 0 Å². The first kappa shape index (κ1) is 12.7. The highest BCUT2D eigenvalue weighted by Crippen LogP contribution is 2.28. The van der Waals surface area contributed by atoms with Crippen LogP contribution in [0.3, 0.4) is 0 Å². The number of anilines is 2. The van der Waals surface area contributed by atoms with Crippen molar-refractivity contribution in [1.82, 2.24) is 15.0 Å². The molecule has 0 radical (unpaired) electrons. The molecule has 0 aliphatic heterocycles. The summed E-state index contributed by atoms with van der Waals surface area (Å²) in [6, 6.07) is 5.07. The number of benzene rings is 1. The summed E-state index contributed by atoms with van der Waals surface area (Å²) in [5, 5.41) is 9.33. The van der Waals surface area contributed by atoms with Gasteiger partial charge >= 0.3 is 6.09 Å². The number of carbonyl (C=O) groups is 1. The zero-order valence-electron chi connectivity index (χ0n) is 10.4. The maximum Gasteiger partial charge on any atom is 0.418 e. The highest BCUT2D eigenvalue weighted by atomic mass is 16.5. The second-order valence-electron chi connectivity index (χ2n) is 3.71. The average Bonchev–Trinajstić information content (AvgIpc) is 2.41. The van der Waals surface area contributed by atoms with Crippen LogP contribution in [0.15, 0.2) is 30.9 Å². The number of hydrogen-bond acceptors (Lipinski definition) is 5. The van der Waals surface area contributed by atoms with Gasteiger partial charge in [0, 0.05) is 0 Å². The summed E-state index contributed by atoms with van der Waals surface area (Å²) in [5.74, 6) is 0.706. The predicted molar refractivity (Wildman–Crippen MR) is 67.7 cm³/mol. The van der Waals surface area contributed by atoms with E-state index < -0.39 is 6.09 Å². The Morgan fingerprint density at radius 2 is 2.00 bits per heavy atom. The highest BCUT2D eigenvalue weighted by Gasteiger charge is 2.21. The van der Waals surface area contributed by atoms with Gasteiger partial charge in [-0.3, -0.25) is 0 Å². The molecule has 1 heterocycles. The lowest BCUT2D eigenvalue weighted by molar-refractivity contribution is 0.204. The number of aromatic nitrogens is 3. The second-order valence-corrected chi connectivity index (χ2v) is 3.71. The first-order valence-electron chi connectivity index (χ1n) is 5.43. The van der Waals surface area contributed by atoms with E-state index in [9.17, 15) is 9.90 Å². The summed E-state index contributed by atoms with van der Waals surface area (Å²) in [7, 11) is 1.55. The van der Waals surface area contributed by atoms with Crippen molar-refractivity contribution < 1.29 is 14.6 Å². The standard InChI is InChI=1S/C12H12N4O3/c1-8-5-9(19-2)3-4-10(8)16(12(17)18)11-14-6-13-7-15-11/h3-7H,1-2H3,(H,17,18). The minimum Gasteiger partial charge on any atom is -0.497 e. The number of methoxy groups -OCH3 is 1. The Balaban J connectivity index is 2.49. The summed E-state index contributed by atoms with van der Waals surface area (Å²) in [6.07, 6.45) is 1.33. The second kappa shape index (κ2) is 5.30. The van der Waals surface area contributed by atoms with E-state index in [1.54, 1.807) is 32.2 Å². The van der Waals surface area contributed by atoms with Gasteiger partial charge < -0.3 is 9.84 Å². The van der Waals surface area contributed by atoms with Crippen molar-refractivity contribution in [3.63, 3.8) is 0 Å². The Morgan fingerprint density at radius 1 is 1.32 bits per heavy atom. The van der Waals surface area contributed by atoms with Crippen molar-refractivity contribution >= 4 is 17.7 Å². The van der Waals surface area contributed by atoms with Crippen LogP contribution in [-0.4, -0.2) is 33.3 Å². The van der Waals surface area contributed by atoms with E-state index in [4.69, 9.17) is 4.74 Å². The number of rotatable bonds is 3. The van der Waals surface area contributed by atoms with Gasteiger partial charge in [0.1, 0.15) is 18.4 Å². The first-order valence-corrected chi connectivity index (χ1v) is 5.43. The van der Waals surface area contributed by atoms with Crippen LogP contribution in [0.4, 0.5) is 16.4 Å². The van der Waals surface area contributed by atoms with E-state index in [0.717, 1.165) is 10.5 Å². The zero-order valence-corrected chi connectivity index (χ0v) is 10.4. The van der Waals surface area contributed by atoms with Crippen molar-refractivity contribution in [2.45, 2.75) is 6.92 Å². The fourth-order valence-electron chi connectivity index (χ4n) is 1.65. The third-order valence-electron chi connectivity index (χ3n) is 2.52. The molecule has 98 valence electrons. The van der Waals surface area contributed by atoms with Crippen LogP contribution < -0.4 is 9.64 Å². The Kier molecular flexibility index (Phi) is 3.56. The van der Waals surface area contributed by atoms with Crippen molar-refractivity contribution in [2.24, 2.45) is 0 Å². The Morgan fingerprint density at radius 3 is 2.53 bits per heavy atom. The van der Waals surface area contributed by atoms with Gasteiger partial charge in [-0.2, -0.15) is 0 Å². The molecule has 7 heteroatoms. The molecule has 1 amide bonds. The van der Waals surface area contributed by atoms with Gasteiger partial charge in [0.15, 0.2) is 0 Å². The van der Waals surface area contributed by atoms with Gasteiger partial charge in [-0.15, -0.1) is 0 Å². The third kappa shape index (κ3) is 2.59. The Bertz CT molecular complexity index is 589. The van der Waals surface area contributed by atoms with Gasteiger partial charge in [0.2, 0.25) is 5.95 Å². The van der Waals surface area contributed by atoms with Crippen LogP contribution in [0.1, 0.15) is 5.56 Å². The minimum absolute atomic E-state index is 0.0516. The zero-order chi connectivity index (χ0) is 13.8. The molecule has 0 aliphatic carbocycles. The normalized spacial score (nSPS) is 10.0. The van der Waals surface area contributed by atoms with Crippen LogP contribution in [0, 0.1) is 6.92 Å². The van der Waals surface area contributed by atoms with Gasteiger partial charge in [-0.05, 0) is 30.7 Å². The van der Waals surface area contributed by atoms with Crippen LogP contribution >= 0.6 is 0 Å². The lowest BCUT2D eigenvalue weighted by Gasteiger charge is -2.19. The predicted octanol–water partition coefficient (Wildman–Crippen LogP) is 2.00. The lowest BCUT2D eigenvalue weighted by Crippen LogP contribution is -2.26. The number of amides is 1. The molecule has 0 fully saturated rings. The van der Waals surface area contributed by atoms with Gasteiger partial charge in [0.05, 0.1) is 12.8 Å². The van der Waals surface area contributed by atoms with Crippen molar-refractivity contribution in [3.8, 4) is 5.75 Å². The summed E-state index contributed by atoms with van der Waals surface area (Å²) in [6.45, 7) is 1.79. The number of nitrogens with zero attached hydrogens (tertiary/aromatic N) is 4. The fourth-order valence-corrected chi connectivity index (χ4v) is 1.65. The van der Waals surface area contributed by atoms with E-state index in [1.165, 1.54) is 12.7 Å². The van der Waals surface area contributed by atoms with Crippen molar-refractivity contribution in [2.75, 3.05) is 12.0 Å². The summed E-state index contributed by atoms with van der Waals surface area (Å²) < 4.78 is 5.09. The molecule has 0 atom stereocenters. The molecule has 1 aromatic carbocycles. The molecule has 2 aromatic rings. The lowest BCUT2D eigenvalue weighted by atomic mass is 10.2. The van der Waals surface area contributed by atoms with E-state index in [0.29, 0.717) is 11.4 Å². The summed E-state index contributed by atoms with van der Waals surface area (Å²) in [5.41, 5.74) is 1.21. The number of aryl methyl sites for hydroxylation is 1. The smallest absolute Gasteiger partial charge is 0.418 e. The topological polar surface area (TPSA) is 88.4 Å².